The van der Waals surface area contributed by atoms with E-state index in [1.54, 1.807) is 0 Å². The van der Waals surface area contributed by atoms with Gasteiger partial charge < -0.3 is 10.6 Å². The number of benzene rings is 1. The molecule has 1 aliphatic heterocycles. The fraction of sp³-hybridized carbons (Fsp3) is 0.400. The van der Waals surface area contributed by atoms with Gasteiger partial charge in [-0.15, -0.1) is 31.4 Å². The number of nitrogens with one attached hydrogen (secondary N) is 2. The van der Waals surface area contributed by atoms with E-state index in [1.165, 1.54) is 16.7 Å². The van der Waals surface area contributed by atoms with Gasteiger partial charge in [0.1, 0.15) is 0 Å². The molecule has 2 N–H and O–H groups in total. The zero-order valence-electron chi connectivity index (χ0n) is 11.5. The summed E-state index contributed by atoms with van der Waals surface area (Å²) in [6.07, 6.45) is 4.21. The Morgan fingerprint density at radius 2 is 2.05 bits per heavy atom. The molecule has 0 radical (unpaired) electrons. The van der Waals surface area contributed by atoms with Crippen LogP contribution in [0, 0.1) is 0 Å². The Morgan fingerprint density at radius 3 is 2.80 bits per heavy atom. The summed E-state index contributed by atoms with van der Waals surface area (Å²) in [5, 5.41) is 6.27. The van der Waals surface area contributed by atoms with E-state index < -0.39 is 0 Å². The van der Waals surface area contributed by atoms with E-state index in [4.69, 9.17) is 0 Å². The highest BCUT2D eigenvalue weighted by atomic mass is 35.5. The Labute approximate surface area is 133 Å². The molecule has 1 aromatic carbocycles. The molecule has 0 aliphatic carbocycles. The first-order valence-electron chi connectivity index (χ1n) is 6.48. The van der Waals surface area contributed by atoms with Crippen LogP contribution in [0.4, 0.5) is 0 Å². The van der Waals surface area contributed by atoms with Gasteiger partial charge in [0.15, 0.2) is 0 Å². The molecule has 0 fully saturated rings. The maximum atomic E-state index is 11.6. The maximum Gasteiger partial charge on any atom is 0.220 e. The molecule has 0 unspecified atom stereocenters. The topological polar surface area (TPSA) is 41.1 Å². The van der Waals surface area contributed by atoms with Crippen LogP contribution in [-0.4, -0.2) is 5.91 Å². The zero-order valence-corrected chi connectivity index (χ0v) is 13.1. The van der Waals surface area contributed by atoms with Crippen molar-refractivity contribution in [1.82, 2.24) is 10.6 Å². The lowest BCUT2D eigenvalue weighted by atomic mass is 10.1. The van der Waals surface area contributed by atoms with E-state index in [1.807, 2.05) is 6.08 Å². The number of fused-ring (bicyclic) bond motifs is 1. The van der Waals surface area contributed by atoms with Gasteiger partial charge in [0, 0.05) is 26.1 Å². The molecule has 0 saturated carbocycles. The molecule has 0 saturated heterocycles. The Hall–Kier alpha value is -1.03. The molecule has 1 heterocycles. The number of allylic oxidation sites excluding steroid dienone is 1. The molecule has 2 rings (SSSR count). The van der Waals surface area contributed by atoms with Crippen molar-refractivity contribution < 1.29 is 4.79 Å². The lowest BCUT2D eigenvalue weighted by molar-refractivity contribution is -0.121. The fourth-order valence-corrected chi connectivity index (χ4v) is 2.15. The van der Waals surface area contributed by atoms with Crippen molar-refractivity contribution >= 4 is 30.7 Å². The molecule has 0 bridgehead atoms. The summed E-state index contributed by atoms with van der Waals surface area (Å²) in [4.78, 5) is 11.6. The number of rotatable bonds is 6. The van der Waals surface area contributed by atoms with Crippen LogP contribution in [0.15, 0.2) is 30.9 Å². The quantitative estimate of drug-likeness (QED) is 0.625. The number of unbranched alkanes of at least 4 members (excludes halogenated alkanes) is 1. The van der Waals surface area contributed by atoms with Gasteiger partial charge in [-0.1, -0.05) is 24.3 Å². The molecule has 0 aromatic heterocycles. The van der Waals surface area contributed by atoms with Gasteiger partial charge in [-0.25, -0.2) is 0 Å². The van der Waals surface area contributed by atoms with E-state index in [-0.39, 0.29) is 30.7 Å². The standard InChI is InChI=1S/C15H20N2O.2ClH/c1-2-3-4-5-15(18)17-9-12-6-7-13-10-16-11-14(13)8-12;;/h2,6-8,16H,1,3-5,9-11H2,(H,17,18);2*1H. The van der Waals surface area contributed by atoms with Crippen LogP contribution in [0.5, 0.6) is 0 Å². The number of hydrogen-bond acceptors (Lipinski definition) is 2. The molecule has 0 atom stereocenters. The van der Waals surface area contributed by atoms with Crippen molar-refractivity contribution in [1.29, 1.82) is 0 Å². The van der Waals surface area contributed by atoms with Crippen LogP contribution in [0.1, 0.15) is 36.0 Å². The first-order valence-corrected chi connectivity index (χ1v) is 6.48. The fourth-order valence-electron chi connectivity index (χ4n) is 2.15. The molecule has 3 nitrogen and oxygen atoms in total. The molecule has 1 amide bonds. The van der Waals surface area contributed by atoms with Gasteiger partial charge in [-0.05, 0) is 29.5 Å². The third kappa shape index (κ3) is 5.53. The second kappa shape index (κ2) is 9.81. The molecular weight excluding hydrogens is 295 g/mol. The summed E-state index contributed by atoms with van der Waals surface area (Å²) in [7, 11) is 0. The molecule has 5 heteroatoms. The van der Waals surface area contributed by atoms with Gasteiger partial charge in [0.05, 0.1) is 0 Å². The van der Waals surface area contributed by atoms with Gasteiger partial charge in [0.2, 0.25) is 5.91 Å². The Balaban J connectivity index is 0.00000180. The molecule has 0 spiro atoms. The number of hydrogen-bond donors (Lipinski definition) is 2. The van der Waals surface area contributed by atoms with E-state index in [0.29, 0.717) is 13.0 Å². The summed E-state index contributed by atoms with van der Waals surface area (Å²) < 4.78 is 0. The van der Waals surface area contributed by atoms with Gasteiger partial charge >= 0.3 is 0 Å². The summed E-state index contributed by atoms with van der Waals surface area (Å²) in [6, 6.07) is 6.42. The van der Waals surface area contributed by atoms with E-state index in [2.05, 4.69) is 35.4 Å². The predicted octanol–water partition coefficient (Wildman–Crippen LogP) is 3.11. The minimum absolute atomic E-state index is 0. The summed E-state index contributed by atoms with van der Waals surface area (Å²) in [5.74, 6) is 0.121. The average Bonchev–Trinajstić information content (AvgIpc) is 2.84. The number of amides is 1. The molecule has 1 aromatic rings. The van der Waals surface area contributed by atoms with Crippen LogP contribution in [0.25, 0.3) is 0 Å². The van der Waals surface area contributed by atoms with Crippen LogP contribution >= 0.6 is 24.8 Å². The zero-order chi connectivity index (χ0) is 12.8. The molecular formula is C15H22Cl2N2O. The second-order valence-electron chi connectivity index (χ2n) is 4.66. The van der Waals surface area contributed by atoms with Crippen LogP contribution in [0.2, 0.25) is 0 Å². The minimum Gasteiger partial charge on any atom is -0.352 e. The van der Waals surface area contributed by atoms with Crippen molar-refractivity contribution in [2.75, 3.05) is 0 Å². The summed E-state index contributed by atoms with van der Waals surface area (Å²) in [6.45, 7) is 6.17. The van der Waals surface area contributed by atoms with Crippen molar-refractivity contribution in [3.8, 4) is 0 Å². The van der Waals surface area contributed by atoms with Gasteiger partial charge in [-0.3, -0.25) is 4.79 Å². The third-order valence-electron chi connectivity index (χ3n) is 3.20. The number of halogens is 2. The van der Waals surface area contributed by atoms with Crippen LogP contribution in [-0.2, 0) is 24.4 Å². The minimum atomic E-state index is 0. The smallest absolute Gasteiger partial charge is 0.220 e. The maximum absolute atomic E-state index is 11.6. The Bertz CT molecular complexity index is 449. The average molecular weight is 317 g/mol. The number of carbonyl (C=O) groups excluding carboxylic acids is 1. The van der Waals surface area contributed by atoms with Crippen molar-refractivity contribution in [3.63, 3.8) is 0 Å². The lowest BCUT2D eigenvalue weighted by Crippen LogP contribution is -2.22. The monoisotopic (exact) mass is 316 g/mol. The summed E-state index contributed by atoms with van der Waals surface area (Å²) >= 11 is 0. The van der Waals surface area contributed by atoms with Gasteiger partial charge in [-0.2, -0.15) is 0 Å². The normalized spacial score (nSPS) is 11.8. The van der Waals surface area contributed by atoms with Crippen molar-refractivity contribution in [2.24, 2.45) is 0 Å². The van der Waals surface area contributed by atoms with E-state index in [9.17, 15) is 4.79 Å². The largest absolute Gasteiger partial charge is 0.352 e. The lowest BCUT2D eigenvalue weighted by Gasteiger charge is -2.06. The molecule has 1 aliphatic rings. The molecule has 112 valence electrons. The highest BCUT2D eigenvalue weighted by molar-refractivity contribution is 5.85. The Kier molecular flexibility index (Phi) is 9.30. The van der Waals surface area contributed by atoms with Crippen molar-refractivity contribution in [2.45, 2.75) is 38.9 Å². The van der Waals surface area contributed by atoms with Gasteiger partial charge in [0.25, 0.3) is 0 Å². The number of carbonyl (C=O) groups is 1. The Morgan fingerprint density at radius 1 is 1.30 bits per heavy atom. The van der Waals surface area contributed by atoms with E-state index >= 15 is 0 Å². The molecule has 20 heavy (non-hydrogen) atoms. The second-order valence-corrected chi connectivity index (χ2v) is 4.66. The SMILES string of the molecule is C=CCCCC(=O)NCc1ccc2c(c1)CNC2.Cl.Cl. The van der Waals surface area contributed by atoms with E-state index in [0.717, 1.165) is 25.9 Å². The first-order chi connectivity index (χ1) is 8.79. The first kappa shape index (κ1) is 19.0. The third-order valence-corrected chi connectivity index (χ3v) is 3.20. The highest BCUT2D eigenvalue weighted by Crippen LogP contribution is 2.16. The van der Waals surface area contributed by atoms with Crippen LogP contribution in [0.3, 0.4) is 0 Å². The summed E-state index contributed by atoms with van der Waals surface area (Å²) in [5.41, 5.74) is 3.90. The predicted molar refractivity (Wildman–Crippen MR) is 87.4 cm³/mol. The van der Waals surface area contributed by atoms with Crippen LogP contribution < -0.4 is 10.6 Å². The highest BCUT2D eigenvalue weighted by Gasteiger charge is 2.10. The van der Waals surface area contributed by atoms with Crippen molar-refractivity contribution in [3.05, 3.63) is 47.5 Å².